The van der Waals surface area contributed by atoms with Crippen LogP contribution in [0.15, 0.2) is 36.7 Å². The number of benzene rings is 1. The maximum absolute atomic E-state index is 6.23. The Hall–Kier alpha value is -1.94. The van der Waals surface area contributed by atoms with Gasteiger partial charge in [0.25, 0.3) is 0 Å². The van der Waals surface area contributed by atoms with Gasteiger partial charge in [-0.2, -0.15) is 0 Å². The van der Waals surface area contributed by atoms with Crippen LogP contribution in [-0.2, 0) is 0 Å². The lowest BCUT2D eigenvalue weighted by molar-refractivity contribution is 0.174. The molecule has 1 aliphatic rings. The summed E-state index contributed by atoms with van der Waals surface area (Å²) in [5.41, 5.74) is 1.97. The number of hydrogen-bond donors (Lipinski definition) is 1. The zero-order chi connectivity index (χ0) is 13.2. The van der Waals surface area contributed by atoms with Gasteiger partial charge in [-0.1, -0.05) is 11.6 Å². The molecule has 1 aromatic carbocycles. The number of halogens is 1. The highest BCUT2D eigenvalue weighted by Gasteiger charge is 2.17. The van der Waals surface area contributed by atoms with E-state index in [4.69, 9.17) is 21.1 Å². The first-order valence-electron chi connectivity index (χ1n) is 5.99. The van der Waals surface area contributed by atoms with Gasteiger partial charge >= 0.3 is 0 Å². The van der Waals surface area contributed by atoms with Crippen LogP contribution in [0.4, 0.5) is 5.69 Å². The van der Waals surface area contributed by atoms with Gasteiger partial charge in [0.05, 0.1) is 10.7 Å². The van der Waals surface area contributed by atoms with E-state index in [1.807, 2.05) is 18.2 Å². The molecule has 2 heterocycles. The number of nitrogens with zero attached hydrogens (tertiary/aromatic N) is 1. The normalized spacial score (nSPS) is 14.2. The summed E-state index contributed by atoms with van der Waals surface area (Å²) in [4.78, 5) is 4.01. The summed E-state index contributed by atoms with van der Waals surface area (Å²) in [6.45, 7) is 2.31. The molecule has 0 spiro atoms. The fourth-order valence-electron chi connectivity index (χ4n) is 2.00. The van der Waals surface area contributed by atoms with E-state index in [2.05, 4.69) is 17.2 Å². The maximum atomic E-state index is 6.23. The second-order valence-corrected chi connectivity index (χ2v) is 4.74. The molecule has 1 atom stereocenters. The van der Waals surface area contributed by atoms with Gasteiger partial charge in [0.15, 0.2) is 11.5 Å². The SMILES string of the molecule is CC(Nc1cc2c(cc1Cl)OCO2)c1ccncc1. The predicted molar refractivity (Wildman–Crippen MR) is 73.8 cm³/mol. The average Bonchev–Trinajstić information content (AvgIpc) is 2.87. The molecular formula is C14H13ClN2O2. The highest BCUT2D eigenvalue weighted by atomic mass is 35.5. The van der Waals surface area contributed by atoms with Gasteiger partial charge < -0.3 is 14.8 Å². The summed E-state index contributed by atoms with van der Waals surface area (Å²) in [5.74, 6) is 1.40. The quantitative estimate of drug-likeness (QED) is 0.929. The molecule has 0 saturated heterocycles. The minimum atomic E-state index is 0.126. The number of pyridine rings is 1. The van der Waals surface area contributed by atoms with Crippen molar-refractivity contribution in [1.82, 2.24) is 4.98 Å². The Morgan fingerprint density at radius 2 is 1.89 bits per heavy atom. The van der Waals surface area contributed by atoms with Crippen LogP contribution in [0.5, 0.6) is 11.5 Å². The Kier molecular flexibility index (Phi) is 3.17. The number of hydrogen-bond acceptors (Lipinski definition) is 4. The van der Waals surface area contributed by atoms with Crippen molar-refractivity contribution < 1.29 is 9.47 Å². The van der Waals surface area contributed by atoms with Gasteiger partial charge in [-0.15, -0.1) is 0 Å². The van der Waals surface area contributed by atoms with E-state index in [1.165, 1.54) is 0 Å². The second-order valence-electron chi connectivity index (χ2n) is 4.33. The van der Waals surface area contributed by atoms with Crippen molar-refractivity contribution in [3.8, 4) is 11.5 Å². The van der Waals surface area contributed by atoms with Gasteiger partial charge in [-0.3, -0.25) is 4.98 Å². The van der Waals surface area contributed by atoms with Crippen LogP contribution in [-0.4, -0.2) is 11.8 Å². The van der Waals surface area contributed by atoms with Crippen LogP contribution in [0.3, 0.4) is 0 Å². The summed E-state index contributed by atoms with van der Waals surface area (Å²) in [6.07, 6.45) is 3.55. The van der Waals surface area contributed by atoms with E-state index in [1.54, 1.807) is 18.5 Å². The fourth-order valence-corrected chi connectivity index (χ4v) is 2.20. The van der Waals surface area contributed by atoms with E-state index in [0.29, 0.717) is 16.5 Å². The third-order valence-corrected chi connectivity index (χ3v) is 3.35. The minimum absolute atomic E-state index is 0.126. The Morgan fingerprint density at radius 1 is 1.21 bits per heavy atom. The lowest BCUT2D eigenvalue weighted by Gasteiger charge is -2.17. The van der Waals surface area contributed by atoms with Crippen LogP contribution >= 0.6 is 11.6 Å². The van der Waals surface area contributed by atoms with Crippen molar-refractivity contribution in [2.45, 2.75) is 13.0 Å². The van der Waals surface area contributed by atoms with Crippen LogP contribution < -0.4 is 14.8 Å². The summed E-state index contributed by atoms with van der Waals surface area (Å²) < 4.78 is 10.6. The molecule has 0 radical (unpaired) electrons. The van der Waals surface area contributed by atoms with Crippen molar-refractivity contribution in [1.29, 1.82) is 0 Å². The van der Waals surface area contributed by atoms with Crippen molar-refractivity contribution in [3.05, 3.63) is 47.2 Å². The maximum Gasteiger partial charge on any atom is 0.231 e. The molecule has 19 heavy (non-hydrogen) atoms. The topological polar surface area (TPSA) is 43.4 Å². The third-order valence-electron chi connectivity index (χ3n) is 3.04. The molecule has 0 bridgehead atoms. The molecule has 0 aliphatic carbocycles. The van der Waals surface area contributed by atoms with Gasteiger partial charge in [-0.05, 0) is 24.6 Å². The number of fused-ring (bicyclic) bond motifs is 1. The predicted octanol–water partition coefficient (Wildman–Crippen LogP) is 3.64. The van der Waals surface area contributed by atoms with Crippen LogP contribution in [0.25, 0.3) is 0 Å². The van der Waals surface area contributed by atoms with Crippen molar-refractivity contribution in [2.24, 2.45) is 0 Å². The smallest absolute Gasteiger partial charge is 0.231 e. The zero-order valence-electron chi connectivity index (χ0n) is 10.4. The van der Waals surface area contributed by atoms with E-state index >= 15 is 0 Å². The Bertz CT molecular complexity index is 589. The van der Waals surface area contributed by atoms with Gasteiger partial charge in [-0.25, -0.2) is 0 Å². The second kappa shape index (κ2) is 4.97. The molecule has 5 heteroatoms. The highest BCUT2D eigenvalue weighted by Crippen LogP contribution is 2.40. The first kappa shape index (κ1) is 12.1. The highest BCUT2D eigenvalue weighted by molar-refractivity contribution is 6.33. The number of nitrogens with one attached hydrogen (secondary N) is 1. The molecule has 1 unspecified atom stereocenters. The van der Waals surface area contributed by atoms with Crippen molar-refractivity contribution in [3.63, 3.8) is 0 Å². The van der Waals surface area contributed by atoms with Crippen molar-refractivity contribution in [2.75, 3.05) is 12.1 Å². The summed E-state index contributed by atoms with van der Waals surface area (Å²) in [7, 11) is 0. The Labute approximate surface area is 116 Å². The van der Waals surface area contributed by atoms with Crippen molar-refractivity contribution >= 4 is 17.3 Å². The fraction of sp³-hybridized carbons (Fsp3) is 0.214. The molecule has 2 aromatic rings. The molecule has 0 amide bonds. The third kappa shape index (κ3) is 2.44. The number of rotatable bonds is 3. The van der Waals surface area contributed by atoms with E-state index in [-0.39, 0.29) is 12.8 Å². The Morgan fingerprint density at radius 3 is 2.63 bits per heavy atom. The molecule has 1 aliphatic heterocycles. The zero-order valence-corrected chi connectivity index (χ0v) is 11.1. The van der Waals surface area contributed by atoms with E-state index in [9.17, 15) is 0 Å². The number of aromatic nitrogens is 1. The summed E-state index contributed by atoms with van der Waals surface area (Å²) in [5, 5.41) is 3.98. The standard InChI is InChI=1S/C14H13ClN2O2/c1-9(10-2-4-16-5-3-10)17-12-7-14-13(6-11(12)15)18-8-19-14/h2-7,9,17H,8H2,1H3. The Balaban J connectivity index is 1.84. The van der Waals surface area contributed by atoms with Crippen LogP contribution in [0.1, 0.15) is 18.5 Å². The monoisotopic (exact) mass is 276 g/mol. The molecule has 0 saturated carbocycles. The molecule has 1 N–H and O–H groups in total. The summed E-state index contributed by atoms with van der Waals surface area (Å²) in [6, 6.07) is 7.70. The molecule has 98 valence electrons. The van der Waals surface area contributed by atoms with Gasteiger partial charge in [0.2, 0.25) is 6.79 Å². The first-order chi connectivity index (χ1) is 9.24. The van der Waals surface area contributed by atoms with Crippen LogP contribution in [0.2, 0.25) is 5.02 Å². The first-order valence-corrected chi connectivity index (χ1v) is 6.37. The average molecular weight is 277 g/mol. The largest absolute Gasteiger partial charge is 0.454 e. The molecular weight excluding hydrogens is 264 g/mol. The molecule has 0 fully saturated rings. The van der Waals surface area contributed by atoms with E-state index in [0.717, 1.165) is 11.3 Å². The molecule has 3 rings (SSSR count). The number of anilines is 1. The lowest BCUT2D eigenvalue weighted by atomic mass is 10.1. The lowest BCUT2D eigenvalue weighted by Crippen LogP contribution is -2.07. The van der Waals surface area contributed by atoms with E-state index < -0.39 is 0 Å². The summed E-state index contributed by atoms with van der Waals surface area (Å²) >= 11 is 6.23. The number of ether oxygens (including phenoxy) is 2. The van der Waals surface area contributed by atoms with Crippen LogP contribution in [0, 0.1) is 0 Å². The molecule has 1 aromatic heterocycles. The van der Waals surface area contributed by atoms with Gasteiger partial charge in [0.1, 0.15) is 0 Å². The molecule has 4 nitrogen and oxygen atoms in total. The van der Waals surface area contributed by atoms with Gasteiger partial charge in [0, 0.05) is 30.6 Å². The minimum Gasteiger partial charge on any atom is -0.454 e.